The van der Waals surface area contributed by atoms with Gasteiger partial charge in [0.05, 0.1) is 19.3 Å². The van der Waals surface area contributed by atoms with Gasteiger partial charge < -0.3 is 10.1 Å². The van der Waals surface area contributed by atoms with Crippen LogP contribution in [0.1, 0.15) is 20.8 Å². The van der Waals surface area contributed by atoms with Gasteiger partial charge in [-0.05, 0) is 20.8 Å². The number of carbonyl (C=O) groups is 1. The van der Waals surface area contributed by atoms with Gasteiger partial charge in [0, 0.05) is 25.7 Å². The van der Waals surface area contributed by atoms with E-state index >= 15 is 0 Å². The van der Waals surface area contributed by atoms with Crippen LogP contribution in [0, 0.1) is 16.7 Å². The first-order chi connectivity index (χ1) is 7.97. The number of ether oxygens (including phenoxy) is 1. The average molecular weight is 239 g/mol. The summed E-state index contributed by atoms with van der Waals surface area (Å²) in [6.45, 7) is 9.21. The SMILES string of the molecule is CC(CNC(=O)C(C)(C)C#N)N1CCOCC1. The molecule has 5 nitrogen and oxygen atoms in total. The number of nitriles is 1. The number of amides is 1. The Labute approximate surface area is 103 Å². The Morgan fingerprint density at radius 1 is 1.53 bits per heavy atom. The minimum Gasteiger partial charge on any atom is -0.379 e. The third-order valence-electron chi connectivity index (χ3n) is 3.07. The Balaban J connectivity index is 2.35. The van der Waals surface area contributed by atoms with Gasteiger partial charge >= 0.3 is 0 Å². The first-order valence-electron chi connectivity index (χ1n) is 5.98. The zero-order valence-corrected chi connectivity index (χ0v) is 10.8. The Kier molecular flexibility index (Phi) is 4.91. The summed E-state index contributed by atoms with van der Waals surface area (Å²) in [6, 6.07) is 2.27. The van der Waals surface area contributed by atoms with Gasteiger partial charge in [0.25, 0.3) is 0 Å². The highest BCUT2D eigenvalue weighted by Gasteiger charge is 2.27. The molecule has 0 saturated carbocycles. The number of hydrogen-bond acceptors (Lipinski definition) is 4. The molecule has 1 unspecified atom stereocenters. The van der Waals surface area contributed by atoms with Crippen LogP contribution in [0.15, 0.2) is 0 Å². The maximum Gasteiger partial charge on any atom is 0.239 e. The second-order valence-corrected chi connectivity index (χ2v) is 4.94. The molecule has 1 aliphatic rings. The molecule has 1 N–H and O–H groups in total. The molecule has 1 fully saturated rings. The largest absolute Gasteiger partial charge is 0.379 e. The predicted molar refractivity (Wildman–Crippen MR) is 64.3 cm³/mol. The van der Waals surface area contributed by atoms with E-state index in [1.165, 1.54) is 0 Å². The normalized spacial score (nSPS) is 19.4. The quantitative estimate of drug-likeness (QED) is 0.770. The van der Waals surface area contributed by atoms with E-state index in [-0.39, 0.29) is 11.9 Å². The summed E-state index contributed by atoms with van der Waals surface area (Å²) in [6.07, 6.45) is 0. The minimum absolute atomic E-state index is 0.208. The van der Waals surface area contributed by atoms with Crippen LogP contribution in [0.3, 0.4) is 0 Å². The second kappa shape index (κ2) is 5.99. The lowest BCUT2D eigenvalue weighted by atomic mass is 9.95. The van der Waals surface area contributed by atoms with Gasteiger partial charge in [-0.25, -0.2) is 0 Å². The second-order valence-electron chi connectivity index (χ2n) is 4.94. The summed E-state index contributed by atoms with van der Waals surface area (Å²) < 4.78 is 5.28. The van der Waals surface area contributed by atoms with Crippen LogP contribution in [0.2, 0.25) is 0 Å². The molecule has 0 radical (unpaired) electrons. The lowest BCUT2D eigenvalue weighted by Crippen LogP contribution is -2.48. The molecule has 0 aromatic carbocycles. The minimum atomic E-state index is -0.954. The molecule has 0 bridgehead atoms. The summed E-state index contributed by atoms with van der Waals surface area (Å²) in [7, 11) is 0. The zero-order chi connectivity index (χ0) is 12.9. The first kappa shape index (κ1) is 13.9. The Morgan fingerprint density at radius 3 is 2.65 bits per heavy atom. The molecule has 1 saturated heterocycles. The number of rotatable bonds is 4. The molecule has 1 amide bonds. The van der Waals surface area contributed by atoms with Crippen LogP contribution < -0.4 is 5.32 Å². The summed E-state index contributed by atoms with van der Waals surface area (Å²) in [5, 5.41) is 11.7. The van der Waals surface area contributed by atoms with E-state index in [1.54, 1.807) is 13.8 Å². The highest BCUT2D eigenvalue weighted by Crippen LogP contribution is 2.12. The molecular formula is C12H21N3O2. The maximum atomic E-state index is 11.7. The summed E-state index contributed by atoms with van der Waals surface area (Å²) in [5.41, 5.74) is -0.954. The number of carbonyl (C=O) groups excluding carboxylic acids is 1. The van der Waals surface area contributed by atoms with E-state index in [0.29, 0.717) is 6.54 Å². The predicted octanol–water partition coefficient (Wildman–Crippen LogP) is 0.373. The van der Waals surface area contributed by atoms with Crippen molar-refractivity contribution < 1.29 is 9.53 Å². The van der Waals surface area contributed by atoms with Crippen LogP contribution >= 0.6 is 0 Å². The Hall–Kier alpha value is -1.12. The molecule has 1 heterocycles. The van der Waals surface area contributed by atoms with Gasteiger partial charge in [-0.1, -0.05) is 0 Å². The standard InChI is InChI=1S/C12H21N3O2/c1-10(15-4-6-17-7-5-15)8-14-11(16)12(2,3)9-13/h10H,4-8H2,1-3H3,(H,14,16). The lowest BCUT2D eigenvalue weighted by molar-refractivity contribution is -0.127. The fraction of sp³-hybridized carbons (Fsp3) is 0.833. The van der Waals surface area contributed by atoms with Crippen LogP contribution in [0.5, 0.6) is 0 Å². The fourth-order valence-electron chi connectivity index (χ4n) is 1.66. The molecule has 17 heavy (non-hydrogen) atoms. The number of nitrogens with zero attached hydrogens (tertiary/aromatic N) is 2. The van der Waals surface area contributed by atoms with Gasteiger partial charge in [-0.3, -0.25) is 9.69 Å². The topological polar surface area (TPSA) is 65.4 Å². The third kappa shape index (κ3) is 3.99. The van der Waals surface area contributed by atoms with Crippen molar-refractivity contribution in [2.75, 3.05) is 32.8 Å². The molecule has 0 aliphatic carbocycles. The van der Waals surface area contributed by atoms with Crippen molar-refractivity contribution in [3.05, 3.63) is 0 Å². The van der Waals surface area contributed by atoms with Gasteiger partial charge in [0.2, 0.25) is 5.91 Å². The van der Waals surface area contributed by atoms with Crippen molar-refractivity contribution >= 4 is 5.91 Å². The highest BCUT2D eigenvalue weighted by atomic mass is 16.5. The highest BCUT2D eigenvalue weighted by molar-refractivity contribution is 5.84. The molecule has 1 aliphatic heterocycles. The first-order valence-corrected chi connectivity index (χ1v) is 5.98. The maximum absolute atomic E-state index is 11.7. The van der Waals surface area contributed by atoms with Gasteiger partial charge in [-0.15, -0.1) is 0 Å². The van der Waals surface area contributed by atoms with E-state index in [4.69, 9.17) is 10.00 Å². The van der Waals surface area contributed by atoms with E-state index in [0.717, 1.165) is 26.3 Å². The smallest absolute Gasteiger partial charge is 0.239 e. The van der Waals surface area contributed by atoms with Crippen molar-refractivity contribution in [3.63, 3.8) is 0 Å². The Bertz CT molecular complexity index is 303. The van der Waals surface area contributed by atoms with Crippen molar-refractivity contribution in [2.45, 2.75) is 26.8 Å². The number of nitrogens with one attached hydrogen (secondary N) is 1. The molecule has 0 aromatic rings. The van der Waals surface area contributed by atoms with Crippen LogP contribution in [-0.2, 0) is 9.53 Å². The van der Waals surface area contributed by atoms with Gasteiger partial charge in [-0.2, -0.15) is 5.26 Å². The Morgan fingerprint density at radius 2 is 2.12 bits per heavy atom. The van der Waals surface area contributed by atoms with Crippen molar-refractivity contribution in [1.29, 1.82) is 5.26 Å². The molecule has 96 valence electrons. The van der Waals surface area contributed by atoms with E-state index < -0.39 is 5.41 Å². The van der Waals surface area contributed by atoms with Gasteiger partial charge in [0.1, 0.15) is 5.41 Å². The summed E-state index contributed by atoms with van der Waals surface area (Å²) in [5.74, 6) is -0.208. The van der Waals surface area contributed by atoms with Crippen molar-refractivity contribution in [3.8, 4) is 6.07 Å². The zero-order valence-electron chi connectivity index (χ0n) is 10.8. The number of hydrogen-bond donors (Lipinski definition) is 1. The monoisotopic (exact) mass is 239 g/mol. The van der Waals surface area contributed by atoms with Crippen LogP contribution in [0.4, 0.5) is 0 Å². The number of morpholine rings is 1. The van der Waals surface area contributed by atoms with Crippen molar-refractivity contribution in [1.82, 2.24) is 10.2 Å². The average Bonchev–Trinajstić information content (AvgIpc) is 2.36. The molecule has 0 aromatic heterocycles. The molecule has 0 spiro atoms. The molecule has 1 rings (SSSR count). The van der Waals surface area contributed by atoms with E-state index in [1.807, 2.05) is 6.07 Å². The lowest BCUT2D eigenvalue weighted by Gasteiger charge is -2.32. The van der Waals surface area contributed by atoms with Crippen molar-refractivity contribution in [2.24, 2.45) is 5.41 Å². The third-order valence-corrected chi connectivity index (χ3v) is 3.07. The molecule has 1 atom stereocenters. The van der Waals surface area contributed by atoms with E-state index in [2.05, 4.69) is 17.1 Å². The van der Waals surface area contributed by atoms with Crippen LogP contribution in [0.25, 0.3) is 0 Å². The summed E-state index contributed by atoms with van der Waals surface area (Å²) in [4.78, 5) is 14.0. The molecular weight excluding hydrogens is 218 g/mol. The van der Waals surface area contributed by atoms with Crippen LogP contribution in [-0.4, -0.2) is 49.7 Å². The van der Waals surface area contributed by atoms with Gasteiger partial charge in [0.15, 0.2) is 0 Å². The fourth-order valence-corrected chi connectivity index (χ4v) is 1.66. The van der Waals surface area contributed by atoms with E-state index in [9.17, 15) is 4.79 Å². The molecule has 5 heteroatoms. The summed E-state index contributed by atoms with van der Waals surface area (Å²) >= 11 is 0.